The highest BCUT2D eigenvalue weighted by atomic mass is 16.5. The van der Waals surface area contributed by atoms with E-state index in [2.05, 4.69) is 10.3 Å². The van der Waals surface area contributed by atoms with Crippen molar-refractivity contribution in [3.63, 3.8) is 0 Å². The maximum Gasteiger partial charge on any atom is 0.257 e. The van der Waals surface area contributed by atoms with Crippen LogP contribution in [0.5, 0.6) is 5.75 Å². The SMILES string of the molecule is CCOc1ccc2[nH]cc(C(=O)NCc3ccc(COCCC4CCCCC4)cc3)c(=O)c2c1. The Morgan fingerprint density at radius 3 is 2.59 bits per heavy atom. The third-order valence-corrected chi connectivity index (χ3v) is 6.55. The van der Waals surface area contributed by atoms with Gasteiger partial charge in [0.15, 0.2) is 0 Å². The van der Waals surface area contributed by atoms with E-state index in [1.165, 1.54) is 38.3 Å². The van der Waals surface area contributed by atoms with E-state index in [1.54, 1.807) is 18.2 Å². The predicted molar refractivity (Wildman–Crippen MR) is 134 cm³/mol. The van der Waals surface area contributed by atoms with Crippen molar-refractivity contribution in [2.45, 2.75) is 58.6 Å². The first-order chi connectivity index (χ1) is 16.6. The summed E-state index contributed by atoms with van der Waals surface area (Å²) in [6, 6.07) is 13.3. The molecule has 1 aliphatic rings. The van der Waals surface area contributed by atoms with Crippen molar-refractivity contribution >= 4 is 16.8 Å². The third kappa shape index (κ3) is 6.26. The monoisotopic (exact) mass is 462 g/mol. The number of fused-ring (bicyclic) bond motifs is 1. The molecule has 1 amide bonds. The standard InChI is InChI=1S/C28H34N2O4/c1-2-34-23-12-13-26-24(16-23)27(31)25(18-29-26)28(32)30-17-21-8-10-22(11-9-21)19-33-15-14-20-6-4-3-5-7-20/h8-13,16,18,20H,2-7,14-15,17,19H2,1H3,(H,29,31)(H,30,32). The van der Waals surface area contributed by atoms with Crippen LogP contribution in [-0.2, 0) is 17.9 Å². The van der Waals surface area contributed by atoms with Gasteiger partial charge in [0.25, 0.3) is 5.91 Å². The molecule has 180 valence electrons. The van der Waals surface area contributed by atoms with Crippen LogP contribution < -0.4 is 15.5 Å². The van der Waals surface area contributed by atoms with Crippen LogP contribution in [0, 0.1) is 5.92 Å². The van der Waals surface area contributed by atoms with Crippen LogP contribution in [0.3, 0.4) is 0 Å². The molecule has 0 bridgehead atoms. The zero-order valence-corrected chi connectivity index (χ0v) is 19.9. The van der Waals surface area contributed by atoms with Crippen molar-refractivity contribution in [1.29, 1.82) is 0 Å². The summed E-state index contributed by atoms with van der Waals surface area (Å²) in [5.74, 6) is 1.04. The van der Waals surface area contributed by atoms with Gasteiger partial charge in [-0.15, -0.1) is 0 Å². The summed E-state index contributed by atoms with van der Waals surface area (Å²) in [4.78, 5) is 28.6. The first-order valence-electron chi connectivity index (χ1n) is 12.4. The summed E-state index contributed by atoms with van der Waals surface area (Å²) in [6.07, 6.45) is 9.45. The molecule has 1 heterocycles. The number of ether oxygens (including phenoxy) is 2. The minimum absolute atomic E-state index is 0.0872. The maximum atomic E-state index is 12.9. The lowest BCUT2D eigenvalue weighted by molar-refractivity contribution is 0.0949. The lowest BCUT2D eigenvalue weighted by Crippen LogP contribution is -2.28. The fourth-order valence-corrected chi connectivity index (χ4v) is 4.57. The molecule has 4 rings (SSSR count). The second-order valence-electron chi connectivity index (χ2n) is 9.02. The molecule has 0 atom stereocenters. The number of hydrogen-bond donors (Lipinski definition) is 2. The van der Waals surface area contributed by atoms with Gasteiger partial charge in [0.1, 0.15) is 11.3 Å². The first kappa shape index (κ1) is 24.0. The molecule has 0 spiro atoms. The number of H-pyrrole nitrogens is 1. The van der Waals surface area contributed by atoms with Crippen LogP contribution >= 0.6 is 0 Å². The van der Waals surface area contributed by atoms with Crippen molar-refractivity contribution in [2.75, 3.05) is 13.2 Å². The summed E-state index contributed by atoms with van der Waals surface area (Å²) in [5.41, 5.74) is 2.53. The van der Waals surface area contributed by atoms with E-state index in [0.29, 0.717) is 36.4 Å². The summed E-state index contributed by atoms with van der Waals surface area (Å²) in [6.45, 7) is 4.16. The zero-order valence-electron chi connectivity index (χ0n) is 19.9. The number of nitrogens with one attached hydrogen (secondary N) is 2. The Labute approximate surface area is 200 Å². The number of pyridine rings is 1. The highest BCUT2D eigenvalue weighted by molar-refractivity contribution is 5.97. The summed E-state index contributed by atoms with van der Waals surface area (Å²) < 4.78 is 11.4. The van der Waals surface area contributed by atoms with Crippen LogP contribution in [-0.4, -0.2) is 24.1 Å². The van der Waals surface area contributed by atoms with E-state index in [4.69, 9.17) is 9.47 Å². The van der Waals surface area contributed by atoms with Crippen LogP contribution in [0.2, 0.25) is 0 Å². The van der Waals surface area contributed by atoms with Crippen molar-refractivity contribution < 1.29 is 14.3 Å². The molecule has 1 saturated carbocycles. The Kier molecular flexibility index (Phi) is 8.36. The molecule has 0 saturated heterocycles. The second kappa shape index (κ2) is 11.8. The molecule has 34 heavy (non-hydrogen) atoms. The highest BCUT2D eigenvalue weighted by Gasteiger charge is 2.14. The fraction of sp³-hybridized carbons (Fsp3) is 0.429. The maximum absolute atomic E-state index is 12.9. The Bertz CT molecular complexity index is 1150. The number of benzene rings is 2. The topological polar surface area (TPSA) is 80.4 Å². The zero-order chi connectivity index (χ0) is 23.8. The predicted octanol–water partition coefficient (Wildman–Crippen LogP) is 5.34. The van der Waals surface area contributed by atoms with Crippen LogP contribution in [0.25, 0.3) is 10.9 Å². The molecule has 1 aromatic heterocycles. The van der Waals surface area contributed by atoms with Gasteiger partial charge < -0.3 is 19.8 Å². The number of rotatable bonds is 10. The number of aromatic amines is 1. The van der Waals surface area contributed by atoms with Crippen LogP contribution in [0.1, 0.15) is 66.9 Å². The quantitative estimate of drug-likeness (QED) is 0.398. The number of carbonyl (C=O) groups is 1. The van der Waals surface area contributed by atoms with Crippen LogP contribution in [0.4, 0.5) is 0 Å². The van der Waals surface area contributed by atoms with Gasteiger partial charge in [-0.05, 0) is 48.6 Å². The largest absolute Gasteiger partial charge is 0.494 e. The van der Waals surface area contributed by atoms with Gasteiger partial charge in [-0.3, -0.25) is 9.59 Å². The molecule has 6 nitrogen and oxygen atoms in total. The van der Waals surface area contributed by atoms with E-state index in [-0.39, 0.29) is 11.0 Å². The van der Waals surface area contributed by atoms with Crippen LogP contribution in [0.15, 0.2) is 53.5 Å². The summed E-state index contributed by atoms with van der Waals surface area (Å²) >= 11 is 0. The molecule has 3 aromatic rings. The minimum Gasteiger partial charge on any atom is -0.494 e. The summed E-state index contributed by atoms with van der Waals surface area (Å²) in [5, 5.41) is 3.28. The van der Waals surface area contributed by atoms with E-state index in [9.17, 15) is 9.59 Å². The van der Waals surface area contributed by atoms with Gasteiger partial charge in [0.2, 0.25) is 5.43 Å². The van der Waals surface area contributed by atoms with Crippen molar-refractivity contribution in [2.24, 2.45) is 5.92 Å². The van der Waals surface area contributed by atoms with Crippen molar-refractivity contribution in [3.05, 3.63) is 75.6 Å². The third-order valence-electron chi connectivity index (χ3n) is 6.55. The Morgan fingerprint density at radius 2 is 1.82 bits per heavy atom. The number of carbonyl (C=O) groups excluding carboxylic acids is 1. The smallest absolute Gasteiger partial charge is 0.257 e. The molecule has 6 heteroatoms. The van der Waals surface area contributed by atoms with E-state index in [0.717, 1.165) is 30.1 Å². The lowest BCUT2D eigenvalue weighted by atomic mass is 9.87. The van der Waals surface area contributed by atoms with E-state index >= 15 is 0 Å². The van der Waals surface area contributed by atoms with E-state index < -0.39 is 5.91 Å². The Morgan fingerprint density at radius 1 is 1.06 bits per heavy atom. The highest BCUT2D eigenvalue weighted by Crippen LogP contribution is 2.26. The van der Waals surface area contributed by atoms with Gasteiger partial charge in [-0.25, -0.2) is 0 Å². The van der Waals surface area contributed by atoms with Gasteiger partial charge in [0.05, 0.1) is 13.2 Å². The normalized spacial score (nSPS) is 14.3. The molecule has 2 aromatic carbocycles. The Balaban J connectivity index is 1.28. The van der Waals surface area contributed by atoms with Crippen molar-refractivity contribution in [3.8, 4) is 5.75 Å². The first-order valence-corrected chi connectivity index (χ1v) is 12.4. The Hall–Kier alpha value is -3.12. The number of aromatic nitrogens is 1. The molecule has 2 N–H and O–H groups in total. The van der Waals surface area contributed by atoms with Crippen molar-refractivity contribution in [1.82, 2.24) is 10.3 Å². The molecular weight excluding hydrogens is 428 g/mol. The number of hydrogen-bond acceptors (Lipinski definition) is 4. The fourth-order valence-electron chi connectivity index (χ4n) is 4.57. The van der Waals surface area contributed by atoms with Gasteiger partial charge in [-0.1, -0.05) is 56.4 Å². The number of amides is 1. The molecule has 0 radical (unpaired) electrons. The van der Waals surface area contributed by atoms with Gasteiger partial charge >= 0.3 is 0 Å². The molecule has 0 aliphatic heterocycles. The van der Waals surface area contributed by atoms with Gasteiger partial charge in [0, 0.05) is 30.3 Å². The molecular formula is C28H34N2O4. The average molecular weight is 463 g/mol. The minimum atomic E-state index is -0.403. The molecule has 1 fully saturated rings. The van der Waals surface area contributed by atoms with E-state index in [1.807, 2.05) is 31.2 Å². The average Bonchev–Trinajstić information content (AvgIpc) is 2.87. The van der Waals surface area contributed by atoms with Gasteiger partial charge in [-0.2, -0.15) is 0 Å². The lowest BCUT2D eigenvalue weighted by Gasteiger charge is -2.21. The summed E-state index contributed by atoms with van der Waals surface area (Å²) in [7, 11) is 0. The molecule has 0 unspecified atom stereocenters. The molecule has 1 aliphatic carbocycles. The second-order valence-corrected chi connectivity index (χ2v) is 9.02.